The molecular formula is C12H10N2O4S. The van der Waals surface area contributed by atoms with E-state index in [1.165, 1.54) is 12.3 Å². The summed E-state index contributed by atoms with van der Waals surface area (Å²) in [6, 6.07) is 4.68. The number of aromatic nitrogens is 1. The summed E-state index contributed by atoms with van der Waals surface area (Å²) in [5.41, 5.74) is 0.701. The molecule has 0 saturated carbocycles. The van der Waals surface area contributed by atoms with Gasteiger partial charge in [0.25, 0.3) is 5.69 Å². The zero-order chi connectivity index (χ0) is 14.0. The molecule has 0 unspecified atom stereocenters. The molecule has 19 heavy (non-hydrogen) atoms. The summed E-state index contributed by atoms with van der Waals surface area (Å²) < 4.78 is 0. The highest BCUT2D eigenvalue weighted by Crippen LogP contribution is 2.33. The topological polar surface area (TPSA) is 93.3 Å². The molecule has 0 radical (unpaired) electrons. The number of hydrogen-bond donors (Lipinski definition) is 1. The van der Waals surface area contributed by atoms with E-state index in [4.69, 9.17) is 5.11 Å². The Kier molecular flexibility index (Phi) is 3.66. The number of pyridine rings is 1. The van der Waals surface area contributed by atoms with Crippen molar-refractivity contribution in [3.05, 3.63) is 40.2 Å². The van der Waals surface area contributed by atoms with E-state index in [0.717, 1.165) is 17.5 Å². The average Bonchev–Trinajstić information content (AvgIpc) is 2.35. The summed E-state index contributed by atoms with van der Waals surface area (Å²) in [5, 5.41) is 20.7. The first-order valence-electron chi connectivity index (χ1n) is 5.37. The normalized spacial score (nSPS) is 10.6. The van der Waals surface area contributed by atoms with Gasteiger partial charge in [-0.25, -0.2) is 0 Å². The van der Waals surface area contributed by atoms with Crippen LogP contribution in [0.5, 0.6) is 0 Å². The molecule has 0 aliphatic heterocycles. The van der Waals surface area contributed by atoms with E-state index >= 15 is 0 Å². The maximum atomic E-state index is 11.0. The molecule has 0 saturated heterocycles. The fourth-order valence-electron chi connectivity index (χ4n) is 1.73. The van der Waals surface area contributed by atoms with Crippen molar-refractivity contribution in [2.75, 3.05) is 5.75 Å². The van der Waals surface area contributed by atoms with Crippen molar-refractivity contribution in [1.82, 2.24) is 4.98 Å². The predicted molar refractivity (Wildman–Crippen MR) is 71.5 cm³/mol. The Hall–Kier alpha value is -2.15. The molecule has 1 heterocycles. The lowest BCUT2D eigenvalue weighted by Crippen LogP contribution is -1.98. The monoisotopic (exact) mass is 278 g/mol. The third-order valence-corrected chi connectivity index (χ3v) is 3.58. The number of carboxylic acids is 1. The molecule has 0 bridgehead atoms. The number of thioether (sulfide) groups is 1. The van der Waals surface area contributed by atoms with Gasteiger partial charge in [0, 0.05) is 28.2 Å². The highest BCUT2D eigenvalue weighted by Gasteiger charge is 2.15. The smallest absolute Gasteiger partial charge is 0.313 e. The second kappa shape index (κ2) is 5.23. The maximum absolute atomic E-state index is 11.0. The van der Waals surface area contributed by atoms with Crippen LogP contribution >= 0.6 is 11.8 Å². The van der Waals surface area contributed by atoms with Crippen LogP contribution in [-0.4, -0.2) is 26.7 Å². The number of hydrogen-bond acceptors (Lipinski definition) is 5. The number of nitro benzene ring substituents is 1. The van der Waals surface area contributed by atoms with Gasteiger partial charge in [0.1, 0.15) is 0 Å². The molecule has 0 fully saturated rings. The number of aliphatic carboxylic acids is 1. The largest absolute Gasteiger partial charge is 0.481 e. The van der Waals surface area contributed by atoms with Gasteiger partial charge in [-0.1, -0.05) is 0 Å². The molecule has 0 aliphatic carbocycles. The molecule has 0 spiro atoms. The van der Waals surface area contributed by atoms with Gasteiger partial charge >= 0.3 is 5.97 Å². The molecule has 0 atom stereocenters. The minimum atomic E-state index is -0.928. The Labute approximate surface area is 112 Å². The molecule has 0 amide bonds. The standard InChI is InChI=1S/C12H10N2O4S/c1-7-4-8-9(5-13-7)10(14(17)18)2-3-11(8)19-6-12(15)16/h2-5H,6H2,1H3,(H,15,16). The van der Waals surface area contributed by atoms with Gasteiger partial charge in [0.05, 0.1) is 16.1 Å². The van der Waals surface area contributed by atoms with Gasteiger partial charge in [0.15, 0.2) is 0 Å². The first kappa shape index (κ1) is 13.3. The van der Waals surface area contributed by atoms with E-state index in [2.05, 4.69) is 4.98 Å². The lowest BCUT2D eigenvalue weighted by atomic mass is 10.1. The Bertz CT molecular complexity index is 672. The fourth-order valence-corrected chi connectivity index (χ4v) is 2.49. The van der Waals surface area contributed by atoms with E-state index in [0.29, 0.717) is 15.7 Å². The summed E-state index contributed by atoms with van der Waals surface area (Å²) in [7, 11) is 0. The van der Waals surface area contributed by atoms with Crippen LogP contribution in [0.3, 0.4) is 0 Å². The minimum Gasteiger partial charge on any atom is -0.481 e. The molecule has 7 heteroatoms. The van der Waals surface area contributed by atoms with Crippen molar-refractivity contribution in [1.29, 1.82) is 0 Å². The van der Waals surface area contributed by atoms with Gasteiger partial charge in [-0.15, -0.1) is 11.8 Å². The van der Waals surface area contributed by atoms with Crippen LogP contribution in [0.15, 0.2) is 29.3 Å². The van der Waals surface area contributed by atoms with Crippen LogP contribution in [0.1, 0.15) is 5.69 Å². The Balaban J connectivity index is 2.60. The number of fused-ring (bicyclic) bond motifs is 1. The number of aryl methyl sites for hydroxylation is 1. The van der Waals surface area contributed by atoms with Crippen molar-refractivity contribution in [2.24, 2.45) is 0 Å². The summed E-state index contributed by atoms with van der Waals surface area (Å²) in [4.78, 5) is 25.9. The van der Waals surface area contributed by atoms with Gasteiger partial charge in [-0.2, -0.15) is 0 Å². The highest BCUT2D eigenvalue weighted by molar-refractivity contribution is 8.00. The van der Waals surface area contributed by atoms with Crippen molar-refractivity contribution in [3.63, 3.8) is 0 Å². The zero-order valence-electron chi connectivity index (χ0n) is 9.99. The van der Waals surface area contributed by atoms with E-state index in [9.17, 15) is 14.9 Å². The van der Waals surface area contributed by atoms with Gasteiger partial charge in [-0.05, 0) is 19.1 Å². The SMILES string of the molecule is Cc1cc2c(SCC(=O)O)ccc([N+](=O)[O-])c2cn1. The predicted octanol–water partition coefficient (Wildman–Crippen LogP) is 2.63. The number of rotatable bonds is 4. The van der Waals surface area contributed by atoms with Crippen LogP contribution in [0.2, 0.25) is 0 Å². The number of non-ortho nitro benzene ring substituents is 1. The van der Waals surface area contributed by atoms with Crippen LogP contribution in [0, 0.1) is 17.0 Å². The number of nitrogens with zero attached hydrogens (tertiary/aromatic N) is 2. The average molecular weight is 278 g/mol. The van der Waals surface area contributed by atoms with Crippen molar-refractivity contribution in [2.45, 2.75) is 11.8 Å². The molecule has 1 N–H and O–H groups in total. The van der Waals surface area contributed by atoms with Gasteiger partial charge in [-0.3, -0.25) is 19.9 Å². The van der Waals surface area contributed by atoms with Crippen molar-refractivity contribution >= 4 is 34.2 Å². The minimum absolute atomic E-state index is 0.0258. The second-order valence-corrected chi connectivity index (χ2v) is 4.91. The quantitative estimate of drug-likeness (QED) is 0.525. The van der Waals surface area contributed by atoms with Crippen LogP contribution < -0.4 is 0 Å². The maximum Gasteiger partial charge on any atom is 0.313 e. The number of benzene rings is 1. The molecule has 2 aromatic rings. The summed E-state index contributed by atoms with van der Waals surface area (Å²) in [6.45, 7) is 1.78. The Morgan fingerprint density at radius 2 is 2.21 bits per heavy atom. The summed E-state index contributed by atoms with van der Waals surface area (Å²) >= 11 is 1.14. The van der Waals surface area contributed by atoms with Crippen molar-refractivity contribution < 1.29 is 14.8 Å². The number of nitro groups is 1. The van der Waals surface area contributed by atoms with Gasteiger partial charge in [0.2, 0.25) is 0 Å². The molecule has 1 aromatic heterocycles. The van der Waals surface area contributed by atoms with E-state index in [-0.39, 0.29) is 11.4 Å². The molecule has 2 rings (SSSR count). The third kappa shape index (κ3) is 2.82. The lowest BCUT2D eigenvalue weighted by Gasteiger charge is -2.06. The molecule has 0 aliphatic rings. The van der Waals surface area contributed by atoms with Crippen LogP contribution in [0.25, 0.3) is 10.8 Å². The van der Waals surface area contributed by atoms with Crippen LogP contribution in [-0.2, 0) is 4.79 Å². The fraction of sp³-hybridized carbons (Fsp3) is 0.167. The van der Waals surface area contributed by atoms with E-state index in [1.54, 1.807) is 19.1 Å². The second-order valence-electron chi connectivity index (χ2n) is 3.89. The Morgan fingerprint density at radius 1 is 1.47 bits per heavy atom. The zero-order valence-corrected chi connectivity index (χ0v) is 10.8. The van der Waals surface area contributed by atoms with E-state index < -0.39 is 10.9 Å². The highest BCUT2D eigenvalue weighted by atomic mass is 32.2. The number of carbonyl (C=O) groups is 1. The van der Waals surface area contributed by atoms with E-state index in [1.807, 2.05) is 0 Å². The lowest BCUT2D eigenvalue weighted by molar-refractivity contribution is -0.383. The first-order chi connectivity index (χ1) is 8.99. The molecule has 6 nitrogen and oxygen atoms in total. The molecule has 1 aromatic carbocycles. The Morgan fingerprint density at radius 3 is 2.84 bits per heavy atom. The summed E-state index contributed by atoms with van der Waals surface area (Å²) in [5.74, 6) is -1.02. The third-order valence-electron chi connectivity index (χ3n) is 2.52. The first-order valence-corrected chi connectivity index (χ1v) is 6.36. The molecule has 98 valence electrons. The van der Waals surface area contributed by atoms with Gasteiger partial charge < -0.3 is 5.11 Å². The molecular weight excluding hydrogens is 268 g/mol. The van der Waals surface area contributed by atoms with Crippen molar-refractivity contribution in [3.8, 4) is 0 Å². The van der Waals surface area contributed by atoms with Crippen LogP contribution in [0.4, 0.5) is 5.69 Å². The summed E-state index contributed by atoms with van der Waals surface area (Å²) in [6.07, 6.45) is 1.45. The number of carboxylic acid groups (broad SMARTS) is 1.